The molecule has 5 unspecified atom stereocenters. The summed E-state index contributed by atoms with van der Waals surface area (Å²) in [6.07, 6.45) is 8.40. The predicted octanol–water partition coefficient (Wildman–Crippen LogP) is 3.69. The lowest BCUT2D eigenvalue weighted by Gasteiger charge is -2.71. The fourth-order valence-corrected chi connectivity index (χ4v) is 7.36. The summed E-state index contributed by atoms with van der Waals surface area (Å²) in [6.45, 7) is 7.39. The summed E-state index contributed by atoms with van der Waals surface area (Å²) >= 11 is 0. The van der Waals surface area contributed by atoms with Gasteiger partial charge in [0.25, 0.3) is 5.09 Å². The monoisotopic (exact) mass is 310 g/mol. The first-order valence-corrected chi connectivity index (χ1v) is 8.75. The quantitative estimate of drug-likeness (QED) is 0.599. The number of hydrogen-bond acceptors (Lipinski definition) is 4. The molecular weight excluding hydrogens is 280 g/mol. The molecule has 5 heteroatoms. The van der Waals surface area contributed by atoms with Crippen LogP contribution < -0.4 is 5.73 Å². The van der Waals surface area contributed by atoms with E-state index in [0.717, 1.165) is 25.7 Å². The molecule has 22 heavy (non-hydrogen) atoms. The van der Waals surface area contributed by atoms with Crippen LogP contribution in [-0.4, -0.2) is 17.7 Å². The van der Waals surface area contributed by atoms with E-state index in [1.54, 1.807) is 0 Å². The fraction of sp³-hybridized carbons (Fsp3) is 1.00. The highest BCUT2D eigenvalue weighted by Crippen LogP contribution is 2.75. The van der Waals surface area contributed by atoms with Gasteiger partial charge in [-0.15, -0.1) is 10.1 Å². The van der Waals surface area contributed by atoms with Crippen molar-refractivity contribution in [1.29, 1.82) is 0 Å². The Balaban J connectivity index is 2.03. The number of rotatable bonds is 6. The zero-order valence-corrected chi connectivity index (χ0v) is 14.2. The lowest BCUT2D eigenvalue weighted by molar-refractivity contribution is -0.774. The summed E-state index contributed by atoms with van der Waals surface area (Å²) in [5, 5.41) is 10.4. The van der Waals surface area contributed by atoms with E-state index in [1.165, 1.54) is 19.3 Å². The van der Waals surface area contributed by atoms with Gasteiger partial charge in [0.1, 0.15) is 6.10 Å². The van der Waals surface area contributed by atoms with Crippen LogP contribution in [0.4, 0.5) is 0 Å². The number of nitrogens with two attached hydrogens (primary N) is 1. The van der Waals surface area contributed by atoms with E-state index >= 15 is 0 Å². The van der Waals surface area contributed by atoms with Gasteiger partial charge in [-0.25, -0.2) is 0 Å². The smallest absolute Gasteiger partial charge is 0.294 e. The molecule has 0 aliphatic heterocycles. The molecule has 4 rings (SSSR count). The molecule has 0 aromatic carbocycles. The normalized spacial score (nSPS) is 47.5. The van der Waals surface area contributed by atoms with Crippen molar-refractivity contribution in [2.24, 2.45) is 27.4 Å². The summed E-state index contributed by atoms with van der Waals surface area (Å²) in [5.41, 5.74) is 6.94. The minimum Gasteiger partial charge on any atom is -0.330 e. The van der Waals surface area contributed by atoms with E-state index in [-0.39, 0.29) is 22.3 Å². The van der Waals surface area contributed by atoms with Gasteiger partial charge in [0.05, 0.1) is 0 Å². The molecular formula is C17H30N2O3. The molecule has 0 aromatic rings. The third kappa shape index (κ3) is 2.24. The lowest BCUT2D eigenvalue weighted by atomic mass is 9.34. The first-order chi connectivity index (χ1) is 10.2. The zero-order chi connectivity index (χ0) is 16.2. The Morgan fingerprint density at radius 3 is 2.32 bits per heavy atom. The Hall–Kier alpha value is -0.840. The molecule has 4 aliphatic carbocycles. The first-order valence-electron chi connectivity index (χ1n) is 8.75. The Morgan fingerprint density at radius 1 is 1.14 bits per heavy atom. The van der Waals surface area contributed by atoms with Crippen molar-refractivity contribution < 1.29 is 9.92 Å². The lowest BCUT2D eigenvalue weighted by Crippen LogP contribution is -2.65. The van der Waals surface area contributed by atoms with Crippen LogP contribution in [0.2, 0.25) is 0 Å². The highest BCUT2D eigenvalue weighted by molar-refractivity contribution is 5.17. The maximum absolute atomic E-state index is 11.0. The van der Waals surface area contributed by atoms with Crippen molar-refractivity contribution in [2.75, 3.05) is 6.54 Å². The Morgan fingerprint density at radius 2 is 1.77 bits per heavy atom. The second-order valence-electron chi connectivity index (χ2n) is 9.02. The van der Waals surface area contributed by atoms with Gasteiger partial charge >= 0.3 is 0 Å². The van der Waals surface area contributed by atoms with Crippen molar-refractivity contribution in [2.45, 2.75) is 78.2 Å². The molecule has 0 radical (unpaired) electrons. The second-order valence-corrected chi connectivity index (χ2v) is 9.02. The number of hydrogen-bond donors (Lipinski definition) is 1. The molecule has 5 nitrogen and oxygen atoms in total. The van der Waals surface area contributed by atoms with E-state index in [9.17, 15) is 10.1 Å². The van der Waals surface area contributed by atoms with Crippen LogP contribution in [0.5, 0.6) is 0 Å². The van der Waals surface area contributed by atoms with Crippen LogP contribution in [0.3, 0.4) is 0 Å². The molecule has 4 fully saturated rings. The summed E-state index contributed by atoms with van der Waals surface area (Å²) < 4.78 is 0. The van der Waals surface area contributed by atoms with Gasteiger partial charge in [-0.2, -0.15) is 0 Å². The third-order valence-electron chi connectivity index (χ3n) is 7.04. The molecule has 4 aliphatic rings. The Kier molecular flexibility index (Phi) is 3.52. The van der Waals surface area contributed by atoms with E-state index in [4.69, 9.17) is 10.6 Å². The molecule has 126 valence electrons. The Bertz CT molecular complexity index is 459. The van der Waals surface area contributed by atoms with Crippen LogP contribution in [0.15, 0.2) is 0 Å². The van der Waals surface area contributed by atoms with Gasteiger partial charge in [0.15, 0.2) is 0 Å². The molecule has 2 N–H and O–H groups in total. The highest BCUT2D eigenvalue weighted by atomic mass is 17.0. The minimum absolute atomic E-state index is 0.0549. The van der Waals surface area contributed by atoms with Crippen LogP contribution in [0.1, 0.15) is 72.1 Å². The van der Waals surface area contributed by atoms with E-state index in [1.807, 2.05) is 6.92 Å². The van der Waals surface area contributed by atoms with Crippen molar-refractivity contribution >= 4 is 0 Å². The van der Waals surface area contributed by atoms with Gasteiger partial charge in [0.2, 0.25) is 0 Å². The van der Waals surface area contributed by atoms with Crippen molar-refractivity contribution in [3.8, 4) is 0 Å². The maximum Gasteiger partial charge on any atom is 0.294 e. The van der Waals surface area contributed by atoms with Crippen molar-refractivity contribution in [3.63, 3.8) is 0 Å². The van der Waals surface area contributed by atoms with Crippen molar-refractivity contribution in [1.82, 2.24) is 0 Å². The first kappa shape index (κ1) is 16.0. The van der Waals surface area contributed by atoms with Crippen LogP contribution in [0.25, 0.3) is 0 Å². The van der Waals surface area contributed by atoms with E-state index < -0.39 is 5.09 Å². The van der Waals surface area contributed by atoms with E-state index in [0.29, 0.717) is 18.4 Å². The topological polar surface area (TPSA) is 78.4 Å². The zero-order valence-electron chi connectivity index (χ0n) is 14.2. The Labute approximate surface area is 133 Å². The van der Waals surface area contributed by atoms with Gasteiger partial charge in [0, 0.05) is 0 Å². The van der Waals surface area contributed by atoms with Gasteiger partial charge < -0.3 is 10.6 Å². The van der Waals surface area contributed by atoms with E-state index in [2.05, 4.69) is 13.8 Å². The summed E-state index contributed by atoms with van der Waals surface area (Å²) in [4.78, 5) is 16.2. The average molecular weight is 310 g/mol. The third-order valence-corrected chi connectivity index (χ3v) is 7.04. The fourth-order valence-electron chi connectivity index (χ4n) is 7.36. The molecule has 4 saturated carbocycles. The van der Waals surface area contributed by atoms with Crippen molar-refractivity contribution in [3.05, 3.63) is 10.1 Å². The molecule has 0 heterocycles. The molecule has 0 amide bonds. The summed E-state index contributed by atoms with van der Waals surface area (Å²) in [6, 6.07) is 0. The van der Waals surface area contributed by atoms with Gasteiger partial charge in [-0.3, -0.25) is 0 Å². The van der Waals surface area contributed by atoms with Crippen LogP contribution in [-0.2, 0) is 4.84 Å². The second kappa shape index (κ2) is 4.83. The molecule has 0 aromatic heterocycles. The molecule has 0 saturated heterocycles. The summed E-state index contributed by atoms with van der Waals surface area (Å²) in [7, 11) is 0. The largest absolute Gasteiger partial charge is 0.330 e. The van der Waals surface area contributed by atoms with Gasteiger partial charge in [-0.05, 0) is 73.2 Å². The minimum atomic E-state index is -0.581. The number of nitrogens with zero attached hydrogens (tertiary/aromatic N) is 1. The van der Waals surface area contributed by atoms with Crippen LogP contribution in [0, 0.1) is 31.8 Å². The standard InChI is InChI=1S/C17H30N2O3/c1-4-13(22-19(20)21)17-8-14(3)6-15(5-2,10-17)9-16(7-14,11-17)12-18/h13H,4-12,18H2,1-3H3. The maximum atomic E-state index is 11.0. The average Bonchev–Trinajstić information content (AvgIpc) is 2.42. The molecule has 5 atom stereocenters. The highest BCUT2D eigenvalue weighted by Gasteiger charge is 2.67. The summed E-state index contributed by atoms with van der Waals surface area (Å²) in [5.74, 6) is 0. The van der Waals surface area contributed by atoms with Crippen LogP contribution >= 0.6 is 0 Å². The SMILES string of the molecule is CCC(O[N+](=O)[O-])C12CC3(C)CC(CC)(CC(CN)(C3)C1)C2. The molecule has 4 bridgehead atoms. The predicted molar refractivity (Wildman–Crippen MR) is 84.6 cm³/mol. The van der Waals surface area contributed by atoms with Gasteiger partial charge in [-0.1, -0.05) is 27.2 Å². The molecule has 0 spiro atoms.